The van der Waals surface area contributed by atoms with Crippen molar-refractivity contribution in [2.45, 2.75) is 90.1 Å². The van der Waals surface area contributed by atoms with Crippen molar-refractivity contribution in [2.75, 3.05) is 0 Å². The van der Waals surface area contributed by atoms with E-state index in [0.717, 1.165) is 12.8 Å². The van der Waals surface area contributed by atoms with E-state index in [0.29, 0.717) is 6.42 Å². The third kappa shape index (κ3) is 11.3. The first-order valence-corrected chi connectivity index (χ1v) is 9.22. The van der Waals surface area contributed by atoms with Gasteiger partial charge in [-0.25, -0.2) is 0 Å². The van der Waals surface area contributed by atoms with Gasteiger partial charge in [-0.05, 0) is 6.42 Å². The maximum Gasteiger partial charge on any atom is 0.328 e. The van der Waals surface area contributed by atoms with Crippen molar-refractivity contribution in [1.29, 1.82) is 0 Å². The summed E-state index contributed by atoms with van der Waals surface area (Å²) in [5, 5.41) is 0. The van der Waals surface area contributed by atoms with Crippen molar-refractivity contribution in [1.82, 2.24) is 0 Å². The Kier molecular flexibility index (Phi) is 11.1. The lowest BCUT2D eigenvalue weighted by Crippen LogP contribution is -2.02. The highest BCUT2D eigenvalue weighted by Crippen LogP contribution is 2.43. The Balaban J connectivity index is 3.19. The van der Waals surface area contributed by atoms with Crippen LogP contribution in [0.1, 0.15) is 84.5 Å². The van der Waals surface area contributed by atoms with Crippen molar-refractivity contribution in [3.63, 3.8) is 0 Å². The van der Waals surface area contributed by atoms with Crippen molar-refractivity contribution >= 4 is 7.60 Å². The Bertz CT molecular complexity index is 225. The first-order valence-electron chi connectivity index (χ1n) is 7.53. The molecule has 2 N–H and O–H groups in total. The summed E-state index contributed by atoms with van der Waals surface area (Å²) < 4.78 is 10.9. The lowest BCUT2D eigenvalue weighted by molar-refractivity contribution is 0.355. The molecule has 0 aliphatic heterocycles. The predicted molar refractivity (Wildman–Crippen MR) is 78.0 cm³/mol. The lowest BCUT2D eigenvalue weighted by Gasteiger charge is -2.12. The third-order valence-electron chi connectivity index (χ3n) is 3.55. The molecule has 0 heterocycles. The summed E-state index contributed by atoms with van der Waals surface area (Å²) in [6.45, 7) is 3.88. The maximum absolute atomic E-state index is 10.9. The van der Waals surface area contributed by atoms with Gasteiger partial charge in [0, 0.05) is 0 Å². The number of hydrogen-bond acceptors (Lipinski definition) is 1. The minimum absolute atomic E-state index is 0.466. The summed E-state index contributed by atoms with van der Waals surface area (Å²) in [7, 11) is -3.83. The molecule has 0 saturated carbocycles. The molecule has 0 amide bonds. The fraction of sp³-hybridized carbons (Fsp3) is 1.00. The van der Waals surface area contributed by atoms with E-state index in [1.807, 2.05) is 0 Å². The molecular formula is C14H31O3P. The minimum atomic E-state index is -3.83. The van der Waals surface area contributed by atoms with Gasteiger partial charge in [-0.15, -0.1) is 0 Å². The second kappa shape index (κ2) is 11.0. The van der Waals surface area contributed by atoms with Gasteiger partial charge in [0.15, 0.2) is 0 Å². The van der Waals surface area contributed by atoms with Gasteiger partial charge in [0.2, 0.25) is 0 Å². The van der Waals surface area contributed by atoms with Crippen LogP contribution in [0, 0.1) is 0 Å². The highest BCUT2D eigenvalue weighted by molar-refractivity contribution is 7.52. The van der Waals surface area contributed by atoms with Gasteiger partial charge in [0.05, 0.1) is 5.66 Å². The monoisotopic (exact) mass is 278 g/mol. The van der Waals surface area contributed by atoms with Crippen LogP contribution in [0.2, 0.25) is 0 Å². The van der Waals surface area contributed by atoms with Crippen molar-refractivity contribution in [2.24, 2.45) is 0 Å². The van der Waals surface area contributed by atoms with Gasteiger partial charge in [-0.2, -0.15) is 0 Å². The van der Waals surface area contributed by atoms with Crippen LogP contribution in [0.5, 0.6) is 0 Å². The van der Waals surface area contributed by atoms with E-state index in [9.17, 15) is 4.57 Å². The van der Waals surface area contributed by atoms with Gasteiger partial charge < -0.3 is 9.79 Å². The average molecular weight is 278 g/mol. The third-order valence-corrected chi connectivity index (χ3v) is 4.96. The molecule has 18 heavy (non-hydrogen) atoms. The Labute approximate surface area is 113 Å². The summed E-state index contributed by atoms with van der Waals surface area (Å²) in [4.78, 5) is 17.9. The quantitative estimate of drug-likeness (QED) is 0.396. The van der Waals surface area contributed by atoms with Gasteiger partial charge in [0.1, 0.15) is 0 Å². The second-order valence-electron chi connectivity index (χ2n) is 5.41. The van der Waals surface area contributed by atoms with Crippen LogP contribution in [-0.4, -0.2) is 15.4 Å². The molecule has 1 unspecified atom stereocenters. The fourth-order valence-electron chi connectivity index (χ4n) is 2.10. The smallest absolute Gasteiger partial charge is 0.324 e. The van der Waals surface area contributed by atoms with E-state index in [2.05, 4.69) is 6.92 Å². The normalized spacial score (nSPS) is 13.8. The van der Waals surface area contributed by atoms with Crippen LogP contribution in [-0.2, 0) is 4.57 Å². The van der Waals surface area contributed by atoms with E-state index >= 15 is 0 Å². The zero-order chi connectivity index (χ0) is 13.9. The van der Waals surface area contributed by atoms with Crippen LogP contribution in [0.4, 0.5) is 0 Å². The van der Waals surface area contributed by atoms with Gasteiger partial charge in [-0.3, -0.25) is 4.57 Å². The highest BCUT2D eigenvalue weighted by atomic mass is 31.2. The Morgan fingerprint density at radius 1 is 0.833 bits per heavy atom. The van der Waals surface area contributed by atoms with Crippen molar-refractivity contribution in [3.8, 4) is 0 Å². The van der Waals surface area contributed by atoms with E-state index in [1.54, 1.807) is 6.92 Å². The topological polar surface area (TPSA) is 57.5 Å². The Morgan fingerprint density at radius 3 is 1.61 bits per heavy atom. The standard InChI is InChI=1S/C14H31O3P/c1-3-4-5-6-7-8-9-10-11-12-13-14(2)18(15,16)17/h14H,3-13H2,1-2H3,(H2,15,16,17). The fourth-order valence-corrected chi connectivity index (χ4v) is 2.61. The number of unbranched alkanes of at least 4 members (excludes halogenated alkanes) is 9. The van der Waals surface area contributed by atoms with Crippen molar-refractivity contribution < 1.29 is 14.4 Å². The SMILES string of the molecule is CCCCCCCCCCCCC(C)P(=O)(O)O. The van der Waals surface area contributed by atoms with Crippen molar-refractivity contribution in [3.05, 3.63) is 0 Å². The molecule has 0 radical (unpaired) electrons. The van der Waals surface area contributed by atoms with Gasteiger partial charge in [-0.1, -0.05) is 78.1 Å². The summed E-state index contributed by atoms with van der Waals surface area (Å²) in [5.41, 5.74) is -0.466. The summed E-state index contributed by atoms with van der Waals surface area (Å²) in [5.74, 6) is 0. The van der Waals surface area contributed by atoms with Crippen LogP contribution >= 0.6 is 7.60 Å². The van der Waals surface area contributed by atoms with Crippen LogP contribution < -0.4 is 0 Å². The summed E-state index contributed by atoms with van der Waals surface area (Å²) in [6.07, 6.45) is 13.3. The van der Waals surface area contributed by atoms with Crippen LogP contribution in [0.3, 0.4) is 0 Å². The zero-order valence-corrected chi connectivity index (χ0v) is 13.0. The summed E-state index contributed by atoms with van der Waals surface area (Å²) >= 11 is 0. The molecule has 0 aliphatic rings. The van der Waals surface area contributed by atoms with Gasteiger partial charge in [0.25, 0.3) is 0 Å². The minimum Gasteiger partial charge on any atom is -0.324 e. The van der Waals surface area contributed by atoms with E-state index in [1.165, 1.54) is 51.4 Å². The number of hydrogen-bond donors (Lipinski definition) is 2. The molecule has 4 heteroatoms. The first kappa shape index (κ1) is 18.1. The molecule has 0 rings (SSSR count). The molecule has 0 aromatic heterocycles. The molecule has 0 fully saturated rings. The molecular weight excluding hydrogens is 247 g/mol. The predicted octanol–water partition coefficient (Wildman–Crippen LogP) is 4.86. The number of rotatable bonds is 12. The van der Waals surface area contributed by atoms with Gasteiger partial charge >= 0.3 is 7.60 Å². The summed E-state index contributed by atoms with van der Waals surface area (Å²) in [6, 6.07) is 0. The molecule has 110 valence electrons. The molecule has 0 spiro atoms. The average Bonchev–Trinajstić information content (AvgIpc) is 2.30. The first-order chi connectivity index (χ1) is 8.48. The lowest BCUT2D eigenvalue weighted by atomic mass is 10.1. The Morgan fingerprint density at radius 2 is 1.22 bits per heavy atom. The maximum atomic E-state index is 10.9. The molecule has 0 bridgehead atoms. The molecule has 0 aromatic carbocycles. The zero-order valence-electron chi connectivity index (χ0n) is 12.1. The van der Waals surface area contributed by atoms with Crippen LogP contribution in [0.15, 0.2) is 0 Å². The van der Waals surface area contributed by atoms with E-state index < -0.39 is 13.3 Å². The van der Waals surface area contributed by atoms with E-state index in [4.69, 9.17) is 9.79 Å². The van der Waals surface area contributed by atoms with E-state index in [-0.39, 0.29) is 0 Å². The largest absolute Gasteiger partial charge is 0.328 e. The highest BCUT2D eigenvalue weighted by Gasteiger charge is 2.22. The molecule has 0 aliphatic carbocycles. The van der Waals surface area contributed by atoms with Crippen LogP contribution in [0.25, 0.3) is 0 Å². The molecule has 3 nitrogen and oxygen atoms in total. The molecule has 0 aromatic rings. The second-order valence-corrected chi connectivity index (χ2v) is 7.47. The molecule has 1 atom stereocenters. The Hall–Kier alpha value is 0.150. The molecule has 0 saturated heterocycles.